The summed E-state index contributed by atoms with van der Waals surface area (Å²) in [6.45, 7) is 0. The van der Waals surface area contributed by atoms with Crippen LogP contribution in [0.1, 0.15) is 12.8 Å². The van der Waals surface area contributed by atoms with Gasteiger partial charge in [-0.1, -0.05) is 0 Å². The molecule has 0 bridgehead atoms. The highest BCUT2D eigenvalue weighted by molar-refractivity contribution is 5.71. The summed E-state index contributed by atoms with van der Waals surface area (Å²) in [7, 11) is 0. The van der Waals surface area contributed by atoms with Crippen molar-refractivity contribution >= 4 is 5.97 Å². The first kappa shape index (κ1) is 8.36. The van der Waals surface area contributed by atoms with E-state index in [1.165, 1.54) is 0 Å². The Morgan fingerprint density at radius 1 is 1.56 bits per heavy atom. The molecule has 4 heteroatoms. The second-order valence-electron chi connectivity index (χ2n) is 2.10. The zero-order valence-corrected chi connectivity index (χ0v) is 5.01. The van der Waals surface area contributed by atoms with Crippen LogP contribution < -0.4 is 6.15 Å². The molecular weight excluding hydrogens is 125 g/mol. The molecule has 3 nitrogen and oxygen atoms in total. The SMILES string of the molecule is N.O=C(O)C1CC(F)C1. The molecule has 0 radical (unpaired) electrons. The van der Waals surface area contributed by atoms with Crippen LogP contribution in [0, 0.1) is 5.92 Å². The number of carbonyl (C=O) groups is 1. The van der Waals surface area contributed by atoms with Crippen molar-refractivity contribution in [2.45, 2.75) is 19.0 Å². The van der Waals surface area contributed by atoms with E-state index in [1.807, 2.05) is 0 Å². The van der Waals surface area contributed by atoms with Crippen molar-refractivity contribution in [2.24, 2.45) is 5.92 Å². The number of halogens is 1. The van der Waals surface area contributed by atoms with Crippen LogP contribution in [-0.4, -0.2) is 17.2 Å². The molecule has 0 aliphatic heterocycles. The fraction of sp³-hybridized carbons (Fsp3) is 0.800. The fourth-order valence-corrected chi connectivity index (χ4v) is 0.750. The van der Waals surface area contributed by atoms with Gasteiger partial charge in [0.1, 0.15) is 6.17 Å². The van der Waals surface area contributed by atoms with Crippen LogP contribution in [0.25, 0.3) is 0 Å². The van der Waals surface area contributed by atoms with Gasteiger partial charge in [-0.2, -0.15) is 0 Å². The number of carboxylic acids is 1. The van der Waals surface area contributed by atoms with Crippen molar-refractivity contribution in [3.8, 4) is 0 Å². The average Bonchev–Trinajstić information content (AvgIpc) is 1.57. The van der Waals surface area contributed by atoms with E-state index in [1.54, 1.807) is 0 Å². The van der Waals surface area contributed by atoms with Gasteiger partial charge < -0.3 is 11.3 Å². The van der Waals surface area contributed by atoms with Crippen molar-refractivity contribution in [1.29, 1.82) is 0 Å². The smallest absolute Gasteiger partial charge is 0.306 e. The summed E-state index contributed by atoms with van der Waals surface area (Å²) in [5, 5.41) is 8.18. The maximum Gasteiger partial charge on any atom is 0.306 e. The molecule has 0 aromatic carbocycles. The van der Waals surface area contributed by atoms with E-state index < -0.39 is 18.1 Å². The topological polar surface area (TPSA) is 72.3 Å². The van der Waals surface area contributed by atoms with Gasteiger partial charge in [-0.05, 0) is 12.8 Å². The van der Waals surface area contributed by atoms with Gasteiger partial charge in [0.2, 0.25) is 0 Å². The van der Waals surface area contributed by atoms with Gasteiger partial charge in [0, 0.05) is 0 Å². The van der Waals surface area contributed by atoms with E-state index >= 15 is 0 Å². The summed E-state index contributed by atoms with van der Waals surface area (Å²) in [5.74, 6) is -1.26. The zero-order valence-electron chi connectivity index (χ0n) is 5.01. The van der Waals surface area contributed by atoms with Crippen LogP contribution in [0.15, 0.2) is 0 Å². The van der Waals surface area contributed by atoms with Gasteiger partial charge in [-0.15, -0.1) is 0 Å². The Bertz CT molecular complexity index is 112. The molecule has 1 fully saturated rings. The molecule has 0 unspecified atom stereocenters. The van der Waals surface area contributed by atoms with Gasteiger partial charge >= 0.3 is 5.97 Å². The van der Waals surface area contributed by atoms with Gasteiger partial charge in [-0.25, -0.2) is 4.39 Å². The number of carboxylic acid groups (broad SMARTS) is 1. The van der Waals surface area contributed by atoms with Crippen molar-refractivity contribution in [3.05, 3.63) is 0 Å². The highest BCUT2D eigenvalue weighted by Gasteiger charge is 2.34. The Morgan fingerprint density at radius 2 is 2.00 bits per heavy atom. The molecule has 4 N–H and O–H groups in total. The number of hydrogen-bond acceptors (Lipinski definition) is 2. The van der Waals surface area contributed by atoms with E-state index in [0.717, 1.165) is 0 Å². The molecule has 1 rings (SSSR count). The number of rotatable bonds is 1. The third-order valence-electron chi connectivity index (χ3n) is 1.43. The molecule has 0 atom stereocenters. The third-order valence-corrected chi connectivity index (χ3v) is 1.43. The molecule has 0 saturated heterocycles. The second kappa shape index (κ2) is 2.77. The van der Waals surface area contributed by atoms with Crippen LogP contribution in [0.4, 0.5) is 4.39 Å². The monoisotopic (exact) mass is 135 g/mol. The molecule has 9 heavy (non-hydrogen) atoms. The van der Waals surface area contributed by atoms with Crippen molar-refractivity contribution in [1.82, 2.24) is 6.15 Å². The van der Waals surface area contributed by atoms with E-state index in [2.05, 4.69) is 0 Å². The van der Waals surface area contributed by atoms with E-state index in [4.69, 9.17) is 5.11 Å². The quantitative estimate of drug-likeness (QED) is 0.562. The first-order valence-corrected chi connectivity index (χ1v) is 2.57. The first-order chi connectivity index (χ1) is 3.70. The van der Waals surface area contributed by atoms with Crippen LogP contribution in [0.2, 0.25) is 0 Å². The minimum atomic E-state index is -0.862. The van der Waals surface area contributed by atoms with Crippen LogP contribution in [-0.2, 0) is 4.79 Å². The van der Waals surface area contributed by atoms with Crippen LogP contribution in [0.3, 0.4) is 0 Å². The summed E-state index contributed by atoms with van der Waals surface area (Å²) >= 11 is 0. The molecular formula is C5H10FNO2. The lowest BCUT2D eigenvalue weighted by molar-refractivity contribution is -0.146. The molecule has 0 heterocycles. The molecule has 1 aliphatic rings. The molecule has 54 valence electrons. The predicted molar refractivity (Wildman–Crippen MR) is 30.3 cm³/mol. The lowest BCUT2D eigenvalue weighted by atomic mass is 9.84. The zero-order chi connectivity index (χ0) is 6.15. The van der Waals surface area contributed by atoms with Crippen molar-refractivity contribution < 1.29 is 14.3 Å². The van der Waals surface area contributed by atoms with E-state index in [-0.39, 0.29) is 19.0 Å². The second-order valence-corrected chi connectivity index (χ2v) is 2.10. The first-order valence-electron chi connectivity index (χ1n) is 2.57. The summed E-state index contributed by atoms with van der Waals surface area (Å²) < 4.78 is 11.9. The Hall–Kier alpha value is -0.640. The standard InChI is InChI=1S/C5H7FO2.H3N/c6-4-1-3(2-4)5(7)8;/h3-4H,1-2H2,(H,7,8);1H3. The minimum absolute atomic E-state index is 0. The van der Waals surface area contributed by atoms with Crippen LogP contribution in [0.5, 0.6) is 0 Å². The molecule has 0 aromatic heterocycles. The lowest BCUT2D eigenvalue weighted by Gasteiger charge is -2.24. The maximum atomic E-state index is 11.9. The van der Waals surface area contributed by atoms with Gasteiger partial charge in [0.05, 0.1) is 5.92 Å². The summed E-state index contributed by atoms with van der Waals surface area (Å²) in [6.07, 6.45) is -0.416. The number of aliphatic carboxylic acids is 1. The number of hydrogen-bond donors (Lipinski definition) is 2. The molecule has 1 saturated carbocycles. The number of alkyl halides is 1. The summed E-state index contributed by atoms with van der Waals surface area (Å²) in [4.78, 5) is 9.96. The van der Waals surface area contributed by atoms with Crippen molar-refractivity contribution in [3.63, 3.8) is 0 Å². The molecule has 0 spiro atoms. The molecule has 0 amide bonds. The summed E-state index contributed by atoms with van der Waals surface area (Å²) in [6, 6.07) is 0. The maximum absolute atomic E-state index is 11.9. The average molecular weight is 135 g/mol. The highest BCUT2D eigenvalue weighted by Crippen LogP contribution is 2.29. The predicted octanol–water partition coefficient (Wildman–Crippen LogP) is 0.981. The largest absolute Gasteiger partial charge is 0.481 e. The summed E-state index contributed by atoms with van der Waals surface area (Å²) in [5.41, 5.74) is 0. The molecule has 1 aliphatic carbocycles. The van der Waals surface area contributed by atoms with Crippen molar-refractivity contribution in [2.75, 3.05) is 0 Å². The van der Waals surface area contributed by atoms with E-state index in [0.29, 0.717) is 0 Å². The Balaban J connectivity index is 0.000000640. The van der Waals surface area contributed by atoms with E-state index in [9.17, 15) is 9.18 Å². The Labute approximate surface area is 52.5 Å². The van der Waals surface area contributed by atoms with Gasteiger partial charge in [0.15, 0.2) is 0 Å². The third kappa shape index (κ3) is 1.64. The molecule has 0 aromatic rings. The Morgan fingerprint density at radius 3 is 2.11 bits per heavy atom. The Kier molecular flexibility index (Phi) is 2.58. The van der Waals surface area contributed by atoms with Crippen LogP contribution >= 0.6 is 0 Å². The fourth-order valence-electron chi connectivity index (χ4n) is 0.750. The lowest BCUT2D eigenvalue weighted by Crippen LogP contribution is -2.31. The van der Waals surface area contributed by atoms with Gasteiger partial charge in [-0.3, -0.25) is 4.79 Å². The minimum Gasteiger partial charge on any atom is -0.481 e. The normalized spacial score (nSPS) is 32.1. The van der Waals surface area contributed by atoms with Gasteiger partial charge in [0.25, 0.3) is 0 Å². The highest BCUT2D eigenvalue weighted by atomic mass is 19.1.